The zero-order valence-corrected chi connectivity index (χ0v) is 16.7. The molecule has 0 radical (unpaired) electrons. The highest BCUT2D eigenvalue weighted by atomic mass is 16.7. The van der Waals surface area contributed by atoms with E-state index in [2.05, 4.69) is 6.58 Å². The molecule has 1 heterocycles. The lowest BCUT2D eigenvalue weighted by Crippen LogP contribution is -2.28. The summed E-state index contributed by atoms with van der Waals surface area (Å²) in [5, 5.41) is 0. The predicted molar refractivity (Wildman–Crippen MR) is 111 cm³/mol. The fraction of sp³-hybridized carbons (Fsp3) is 0.261. The normalized spacial score (nSPS) is 12.1. The number of amides is 1. The molecule has 3 rings (SSSR count). The van der Waals surface area contributed by atoms with Crippen LogP contribution in [0, 0.1) is 0 Å². The SMILES string of the molecule is C=CCOc1ccc(/C=C/C(=O)N(CC)Cc2ccc3c(c2)OCO3)cc1OC. The summed E-state index contributed by atoms with van der Waals surface area (Å²) >= 11 is 0. The minimum absolute atomic E-state index is 0.0730. The fourth-order valence-electron chi connectivity index (χ4n) is 2.93. The van der Waals surface area contributed by atoms with E-state index in [9.17, 15) is 4.79 Å². The number of fused-ring (bicyclic) bond motifs is 1. The van der Waals surface area contributed by atoms with Crippen LogP contribution in [0.5, 0.6) is 23.0 Å². The van der Waals surface area contributed by atoms with Gasteiger partial charge in [-0.15, -0.1) is 0 Å². The van der Waals surface area contributed by atoms with Crippen molar-refractivity contribution in [2.45, 2.75) is 13.5 Å². The van der Waals surface area contributed by atoms with E-state index in [1.165, 1.54) is 0 Å². The Morgan fingerprint density at radius 3 is 2.76 bits per heavy atom. The van der Waals surface area contributed by atoms with Crippen LogP contribution in [0.4, 0.5) is 0 Å². The summed E-state index contributed by atoms with van der Waals surface area (Å²) in [6.45, 7) is 7.31. The molecular weight excluding hydrogens is 370 g/mol. The minimum Gasteiger partial charge on any atom is -0.493 e. The van der Waals surface area contributed by atoms with E-state index < -0.39 is 0 Å². The van der Waals surface area contributed by atoms with Gasteiger partial charge in [0, 0.05) is 19.2 Å². The number of ether oxygens (including phenoxy) is 4. The molecule has 0 N–H and O–H groups in total. The van der Waals surface area contributed by atoms with Gasteiger partial charge in [-0.2, -0.15) is 0 Å². The first-order valence-electron chi connectivity index (χ1n) is 9.41. The van der Waals surface area contributed by atoms with Gasteiger partial charge in [-0.25, -0.2) is 0 Å². The van der Waals surface area contributed by atoms with Crippen molar-refractivity contribution in [1.29, 1.82) is 0 Å². The number of hydrogen-bond acceptors (Lipinski definition) is 5. The molecule has 6 heteroatoms. The number of benzene rings is 2. The summed E-state index contributed by atoms with van der Waals surface area (Å²) in [7, 11) is 1.58. The molecule has 1 amide bonds. The average molecular weight is 395 g/mol. The van der Waals surface area contributed by atoms with Gasteiger partial charge in [-0.05, 0) is 48.4 Å². The second-order valence-electron chi connectivity index (χ2n) is 6.38. The number of likely N-dealkylation sites (N-methyl/N-ethyl adjacent to an activating group) is 1. The second kappa shape index (κ2) is 9.68. The molecule has 0 aliphatic carbocycles. The maximum atomic E-state index is 12.7. The van der Waals surface area contributed by atoms with Crippen LogP contribution in [0.15, 0.2) is 55.1 Å². The molecule has 2 aromatic carbocycles. The Morgan fingerprint density at radius 1 is 1.17 bits per heavy atom. The third kappa shape index (κ3) is 5.10. The Morgan fingerprint density at radius 2 is 2.00 bits per heavy atom. The van der Waals surface area contributed by atoms with E-state index in [4.69, 9.17) is 18.9 Å². The lowest BCUT2D eigenvalue weighted by atomic mass is 10.1. The highest BCUT2D eigenvalue weighted by Gasteiger charge is 2.15. The van der Waals surface area contributed by atoms with Crippen LogP contribution in [0.25, 0.3) is 6.08 Å². The van der Waals surface area contributed by atoms with E-state index in [-0.39, 0.29) is 12.7 Å². The van der Waals surface area contributed by atoms with Crippen LogP contribution in [-0.2, 0) is 11.3 Å². The molecule has 152 valence electrons. The lowest BCUT2D eigenvalue weighted by molar-refractivity contribution is -0.126. The molecular formula is C23H25NO5. The molecule has 1 aliphatic heterocycles. The van der Waals surface area contributed by atoms with Crippen LogP contribution in [-0.4, -0.2) is 37.9 Å². The largest absolute Gasteiger partial charge is 0.493 e. The van der Waals surface area contributed by atoms with Gasteiger partial charge in [-0.3, -0.25) is 4.79 Å². The van der Waals surface area contributed by atoms with Gasteiger partial charge in [0.25, 0.3) is 0 Å². The number of methoxy groups -OCH3 is 1. The highest BCUT2D eigenvalue weighted by Crippen LogP contribution is 2.33. The zero-order valence-electron chi connectivity index (χ0n) is 16.7. The molecule has 6 nitrogen and oxygen atoms in total. The van der Waals surface area contributed by atoms with Gasteiger partial charge in [-0.1, -0.05) is 24.8 Å². The van der Waals surface area contributed by atoms with E-state index in [1.54, 1.807) is 30.2 Å². The van der Waals surface area contributed by atoms with Crippen molar-refractivity contribution < 1.29 is 23.7 Å². The molecule has 0 bridgehead atoms. The number of rotatable bonds is 9. The zero-order chi connectivity index (χ0) is 20.6. The van der Waals surface area contributed by atoms with Gasteiger partial charge in [0.05, 0.1) is 7.11 Å². The third-order valence-corrected chi connectivity index (χ3v) is 4.47. The molecule has 0 spiro atoms. The quantitative estimate of drug-likeness (QED) is 0.474. The van der Waals surface area contributed by atoms with Crippen molar-refractivity contribution in [3.63, 3.8) is 0 Å². The van der Waals surface area contributed by atoms with Gasteiger partial charge >= 0.3 is 0 Å². The summed E-state index contributed by atoms with van der Waals surface area (Å²) in [6, 6.07) is 11.2. The Kier molecular flexibility index (Phi) is 6.79. The minimum atomic E-state index is -0.0730. The van der Waals surface area contributed by atoms with Crippen molar-refractivity contribution in [2.75, 3.05) is 27.1 Å². The van der Waals surface area contributed by atoms with Crippen molar-refractivity contribution in [2.24, 2.45) is 0 Å². The molecule has 0 aromatic heterocycles. The first kappa shape index (κ1) is 20.3. The maximum Gasteiger partial charge on any atom is 0.246 e. The monoisotopic (exact) mass is 395 g/mol. The van der Waals surface area contributed by atoms with Gasteiger partial charge in [0.1, 0.15) is 6.61 Å². The van der Waals surface area contributed by atoms with Crippen LogP contribution in [0.1, 0.15) is 18.1 Å². The van der Waals surface area contributed by atoms with E-state index in [0.717, 1.165) is 16.9 Å². The second-order valence-corrected chi connectivity index (χ2v) is 6.38. The number of hydrogen-bond donors (Lipinski definition) is 0. The smallest absolute Gasteiger partial charge is 0.246 e. The standard InChI is InChI=1S/C23H25NO5/c1-4-12-27-19-9-6-17(13-21(19)26-3)8-11-23(25)24(5-2)15-18-7-10-20-22(14-18)29-16-28-20/h4,6-11,13-14H,1,5,12,15-16H2,2-3H3/b11-8+. The van der Waals surface area contributed by atoms with E-state index in [1.807, 2.05) is 43.3 Å². The number of carbonyl (C=O) groups is 1. The first-order chi connectivity index (χ1) is 14.1. The Bertz CT molecular complexity index is 906. The van der Waals surface area contributed by atoms with Gasteiger partial charge in [0.15, 0.2) is 23.0 Å². The summed E-state index contributed by atoms with van der Waals surface area (Å²) in [5.41, 5.74) is 1.84. The molecule has 0 saturated carbocycles. The molecule has 0 fully saturated rings. The van der Waals surface area contributed by atoms with Crippen LogP contribution >= 0.6 is 0 Å². The molecule has 0 atom stereocenters. The van der Waals surface area contributed by atoms with E-state index >= 15 is 0 Å². The predicted octanol–water partition coefficient (Wildman–Crippen LogP) is 4.05. The summed E-state index contributed by atoms with van der Waals surface area (Å²) in [4.78, 5) is 14.4. The number of nitrogens with zero attached hydrogens (tertiary/aromatic N) is 1. The van der Waals surface area contributed by atoms with Crippen molar-refractivity contribution in [3.8, 4) is 23.0 Å². The lowest BCUT2D eigenvalue weighted by Gasteiger charge is -2.19. The summed E-state index contributed by atoms with van der Waals surface area (Å²) in [6.07, 6.45) is 5.01. The Hall–Kier alpha value is -3.41. The number of carbonyl (C=O) groups excluding carboxylic acids is 1. The molecule has 2 aromatic rings. The summed E-state index contributed by atoms with van der Waals surface area (Å²) in [5.74, 6) is 2.61. The molecule has 0 unspecified atom stereocenters. The average Bonchev–Trinajstić information content (AvgIpc) is 3.22. The highest BCUT2D eigenvalue weighted by molar-refractivity contribution is 5.91. The van der Waals surface area contributed by atoms with Gasteiger partial charge < -0.3 is 23.8 Å². The van der Waals surface area contributed by atoms with Crippen LogP contribution in [0.2, 0.25) is 0 Å². The van der Waals surface area contributed by atoms with E-state index in [0.29, 0.717) is 36.9 Å². The van der Waals surface area contributed by atoms with Crippen LogP contribution in [0.3, 0.4) is 0 Å². The van der Waals surface area contributed by atoms with Crippen molar-refractivity contribution in [1.82, 2.24) is 4.90 Å². The van der Waals surface area contributed by atoms with Crippen molar-refractivity contribution >= 4 is 12.0 Å². The van der Waals surface area contributed by atoms with Crippen molar-refractivity contribution in [3.05, 3.63) is 66.3 Å². The Balaban J connectivity index is 1.67. The van der Waals surface area contributed by atoms with Crippen LogP contribution < -0.4 is 18.9 Å². The Labute approximate surface area is 170 Å². The summed E-state index contributed by atoms with van der Waals surface area (Å²) < 4.78 is 21.7. The van der Waals surface area contributed by atoms with Gasteiger partial charge in [0.2, 0.25) is 12.7 Å². The fourth-order valence-corrected chi connectivity index (χ4v) is 2.93. The molecule has 1 aliphatic rings. The first-order valence-corrected chi connectivity index (χ1v) is 9.41. The topological polar surface area (TPSA) is 57.2 Å². The third-order valence-electron chi connectivity index (χ3n) is 4.47. The molecule has 29 heavy (non-hydrogen) atoms. The molecule has 0 saturated heterocycles. The maximum absolute atomic E-state index is 12.7.